The molecule has 0 aromatic heterocycles. The van der Waals surface area contributed by atoms with Gasteiger partial charge in [-0.05, 0) is 36.7 Å². The summed E-state index contributed by atoms with van der Waals surface area (Å²) < 4.78 is 0. The fraction of sp³-hybridized carbons (Fsp3) is 0.385. The summed E-state index contributed by atoms with van der Waals surface area (Å²) in [7, 11) is 0. The second-order valence-electron chi connectivity index (χ2n) is 4.54. The molecule has 0 aliphatic carbocycles. The van der Waals surface area contributed by atoms with Crippen molar-refractivity contribution in [2.24, 2.45) is 11.7 Å². The van der Waals surface area contributed by atoms with Gasteiger partial charge in [-0.15, -0.1) is 0 Å². The molecule has 1 aromatic rings. The van der Waals surface area contributed by atoms with Crippen LogP contribution in [0, 0.1) is 5.92 Å². The number of carbonyl (C=O) groups is 2. The second-order valence-corrected chi connectivity index (χ2v) is 4.54. The van der Waals surface area contributed by atoms with Gasteiger partial charge in [0.15, 0.2) is 0 Å². The van der Waals surface area contributed by atoms with Crippen LogP contribution in [0.5, 0.6) is 0 Å². The molecule has 5 heteroatoms. The van der Waals surface area contributed by atoms with Crippen LogP contribution in [0.4, 0.5) is 11.4 Å². The van der Waals surface area contributed by atoms with E-state index >= 15 is 0 Å². The van der Waals surface area contributed by atoms with Crippen LogP contribution in [-0.4, -0.2) is 24.9 Å². The van der Waals surface area contributed by atoms with Crippen molar-refractivity contribution in [2.75, 3.05) is 23.3 Å². The molecule has 1 heterocycles. The average molecular weight is 247 g/mol. The molecule has 3 N–H and O–H groups in total. The highest BCUT2D eigenvalue weighted by Crippen LogP contribution is 2.25. The summed E-state index contributed by atoms with van der Waals surface area (Å²) in [6.07, 6.45) is 0.518. The molecule has 18 heavy (non-hydrogen) atoms. The zero-order valence-electron chi connectivity index (χ0n) is 10.3. The number of carbonyl (C=O) groups excluding carboxylic acids is 2. The summed E-state index contributed by atoms with van der Waals surface area (Å²) in [5.41, 5.74) is 7.17. The van der Waals surface area contributed by atoms with Crippen LogP contribution in [0.15, 0.2) is 24.3 Å². The van der Waals surface area contributed by atoms with Crippen LogP contribution in [0.1, 0.15) is 13.3 Å². The Bertz CT molecular complexity index is 456. The van der Waals surface area contributed by atoms with Crippen LogP contribution in [0.3, 0.4) is 0 Å². The normalized spacial score (nSPS) is 19.1. The van der Waals surface area contributed by atoms with Gasteiger partial charge in [0, 0.05) is 31.3 Å². The van der Waals surface area contributed by atoms with E-state index < -0.39 is 0 Å². The molecular weight excluding hydrogens is 230 g/mol. The minimum atomic E-state index is -0.108. The first-order valence-corrected chi connectivity index (χ1v) is 5.98. The van der Waals surface area contributed by atoms with Gasteiger partial charge in [-0.3, -0.25) is 9.59 Å². The van der Waals surface area contributed by atoms with E-state index in [4.69, 9.17) is 5.73 Å². The molecule has 2 rings (SSSR count). The molecule has 0 saturated carbocycles. The molecule has 1 saturated heterocycles. The standard InChI is InChI=1S/C13H17N3O2/c1-9(17)15-11-2-4-12(5-3-11)16-8-10(7-14)6-13(16)18/h2-5,10H,6-8,14H2,1H3,(H,15,17). The van der Waals surface area contributed by atoms with Gasteiger partial charge in [0.25, 0.3) is 0 Å². The summed E-state index contributed by atoms with van der Waals surface area (Å²) in [5, 5.41) is 2.69. The van der Waals surface area contributed by atoms with E-state index in [1.54, 1.807) is 17.0 Å². The predicted molar refractivity (Wildman–Crippen MR) is 70.3 cm³/mol. The van der Waals surface area contributed by atoms with Gasteiger partial charge in [0.1, 0.15) is 0 Å². The molecule has 0 bridgehead atoms. The number of nitrogens with zero attached hydrogens (tertiary/aromatic N) is 1. The van der Waals surface area contributed by atoms with Crippen molar-refractivity contribution in [3.05, 3.63) is 24.3 Å². The molecular formula is C13H17N3O2. The van der Waals surface area contributed by atoms with Crippen molar-refractivity contribution in [1.82, 2.24) is 0 Å². The highest BCUT2D eigenvalue weighted by molar-refractivity contribution is 5.96. The van der Waals surface area contributed by atoms with Gasteiger partial charge in [0.05, 0.1) is 0 Å². The van der Waals surface area contributed by atoms with Crippen LogP contribution < -0.4 is 16.0 Å². The molecule has 1 fully saturated rings. The first-order valence-electron chi connectivity index (χ1n) is 5.98. The van der Waals surface area contributed by atoms with Gasteiger partial charge in [-0.1, -0.05) is 0 Å². The lowest BCUT2D eigenvalue weighted by Gasteiger charge is -2.17. The molecule has 1 aliphatic heterocycles. The Balaban J connectivity index is 2.10. The SMILES string of the molecule is CC(=O)Nc1ccc(N2CC(CN)CC2=O)cc1. The third-order valence-corrected chi connectivity index (χ3v) is 3.04. The van der Waals surface area contributed by atoms with E-state index in [1.807, 2.05) is 12.1 Å². The maximum Gasteiger partial charge on any atom is 0.227 e. The molecule has 1 aliphatic rings. The molecule has 2 amide bonds. The van der Waals surface area contributed by atoms with Crippen molar-refractivity contribution in [2.45, 2.75) is 13.3 Å². The summed E-state index contributed by atoms with van der Waals surface area (Å²) >= 11 is 0. The fourth-order valence-corrected chi connectivity index (χ4v) is 2.12. The smallest absolute Gasteiger partial charge is 0.227 e. The van der Waals surface area contributed by atoms with Crippen LogP contribution in [-0.2, 0) is 9.59 Å². The molecule has 1 aromatic carbocycles. The first kappa shape index (κ1) is 12.6. The van der Waals surface area contributed by atoms with Crippen molar-refractivity contribution in [1.29, 1.82) is 0 Å². The topological polar surface area (TPSA) is 75.4 Å². The minimum Gasteiger partial charge on any atom is -0.330 e. The number of anilines is 2. The number of nitrogens with one attached hydrogen (secondary N) is 1. The van der Waals surface area contributed by atoms with Crippen molar-refractivity contribution in [3.8, 4) is 0 Å². The molecule has 0 spiro atoms. The molecule has 5 nitrogen and oxygen atoms in total. The maximum atomic E-state index is 11.8. The van der Waals surface area contributed by atoms with E-state index in [9.17, 15) is 9.59 Å². The Hall–Kier alpha value is -1.88. The van der Waals surface area contributed by atoms with Gasteiger partial charge < -0.3 is 16.0 Å². The van der Waals surface area contributed by atoms with E-state index in [1.165, 1.54) is 6.92 Å². The van der Waals surface area contributed by atoms with E-state index in [2.05, 4.69) is 5.32 Å². The number of benzene rings is 1. The Morgan fingerprint density at radius 1 is 1.44 bits per heavy atom. The Morgan fingerprint density at radius 2 is 2.11 bits per heavy atom. The van der Waals surface area contributed by atoms with Crippen LogP contribution in [0.25, 0.3) is 0 Å². The summed E-state index contributed by atoms with van der Waals surface area (Å²) in [5.74, 6) is 0.244. The van der Waals surface area contributed by atoms with Crippen LogP contribution in [0.2, 0.25) is 0 Å². The van der Waals surface area contributed by atoms with Gasteiger partial charge >= 0.3 is 0 Å². The van der Waals surface area contributed by atoms with E-state index in [-0.39, 0.29) is 17.7 Å². The zero-order valence-corrected chi connectivity index (χ0v) is 10.3. The Morgan fingerprint density at radius 3 is 2.61 bits per heavy atom. The number of nitrogens with two attached hydrogens (primary N) is 1. The minimum absolute atomic E-state index is 0.108. The van der Waals surface area contributed by atoms with Gasteiger partial charge in [-0.2, -0.15) is 0 Å². The summed E-state index contributed by atoms with van der Waals surface area (Å²) in [4.78, 5) is 24.5. The summed E-state index contributed by atoms with van der Waals surface area (Å²) in [6, 6.07) is 7.25. The third kappa shape index (κ3) is 2.68. The lowest BCUT2D eigenvalue weighted by atomic mass is 10.1. The average Bonchev–Trinajstić information content (AvgIpc) is 2.71. The Labute approximate surface area is 106 Å². The molecule has 1 unspecified atom stereocenters. The highest BCUT2D eigenvalue weighted by Gasteiger charge is 2.29. The largest absolute Gasteiger partial charge is 0.330 e. The van der Waals surface area contributed by atoms with Gasteiger partial charge in [-0.25, -0.2) is 0 Å². The number of rotatable bonds is 3. The Kier molecular flexibility index (Phi) is 3.62. The highest BCUT2D eigenvalue weighted by atomic mass is 16.2. The van der Waals surface area contributed by atoms with E-state index in [0.29, 0.717) is 19.5 Å². The number of hydrogen-bond donors (Lipinski definition) is 2. The van der Waals surface area contributed by atoms with E-state index in [0.717, 1.165) is 11.4 Å². The lowest BCUT2D eigenvalue weighted by molar-refractivity contribution is -0.117. The molecule has 0 radical (unpaired) electrons. The third-order valence-electron chi connectivity index (χ3n) is 3.04. The lowest BCUT2D eigenvalue weighted by Crippen LogP contribution is -2.25. The monoisotopic (exact) mass is 247 g/mol. The van der Waals surface area contributed by atoms with Gasteiger partial charge in [0.2, 0.25) is 11.8 Å². The number of amides is 2. The summed E-state index contributed by atoms with van der Waals surface area (Å²) in [6.45, 7) is 2.67. The maximum absolute atomic E-state index is 11.8. The van der Waals surface area contributed by atoms with Crippen molar-refractivity contribution < 1.29 is 9.59 Å². The van der Waals surface area contributed by atoms with Crippen molar-refractivity contribution >= 4 is 23.2 Å². The fourth-order valence-electron chi connectivity index (χ4n) is 2.12. The second kappa shape index (κ2) is 5.18. The molecule has 96 valence electrons. The molecule has 1 atom stereocenters. The van der Waals surface area contributed by atoms with Crippen LogP contribution >= 0.6 is 0 Å². The quantitative estimate of drug-likeness (QED) is 0.835. The zero-order chi connectivity index (χ0) is 13.1. The predicted octanol–water partition coefficient (Wildman–Crippen LogP) is 0.957. The first-order chi connectivity index (χ1) is 8.60. The number of hydrogen-bond acceptors (Lipinski definition) is 3. The van der Waals surface area contributed by atoms with Crippen molar-refractivity contribution in [3.63, 3.8) is 0 Å².